The van der Waals surface area contributed by atoms with Gasteiger partial charge in [-0.05, 0) is 35.0 Å². The molecule has 0 aromatic carbocycles. The van der Waals surface area contributed by atoms with E-state index in [1.807, 2.05) is 43.1 Å². The van der Waals surface area contributed by atoms with Crippen molar-refractivity contribution in [1.29, 1.82) is 0 Å². The molecule has 0 aliphatic carbocycles. The summed E-state index contributed by atoms with van der Waals surface area (Å²) in [5, 5.41) is 7.07. The van der Waals surface area contributed by atoms with Crippen LogP contribution in [0.3, 0.4) is 0 Å². The third-order valence-corrected chi connectivity index (χ3v) is 3.07. The molecule has 18 heavy (non-hydrogen) atoms. The van der Waals surface area contributed by atoms with Crippen LogP contribution in [0.2, 0.25) is 0 Å². The fourth-order valence-electron chi connectivity index (χ4n) is 1.75. The number of nitrogens with zero attached hydrogens (tertiary/aromatic N) is 3. The molecule has 0 saturated carbocycles. The van der Waals surface area contributed by atoms with Crippen LogP contribution in [0.4, 0.5) is 0 Å². The van der Waals surface area contributed by atoms with Crippen molar-refractivity contribution in [2.45, 2.75) is 20.0 Å². The molecule has 1 N–H and O–H groups in total. The van der Waals surface area contributed by atoms with Gasteiger partial charge >= 0.3 is 0 Å². The number of carbonyl (C=O) groups is 1. The highest BCUT2D eigenvalue weighted by Gasteiger charge is 2.12. The van der Waals surface area contributed by atoms with Crippen molar-refractivity contribution < 1.29 is 4.79 Å². The van der Waals surface area contributed by atoms with Gasteiger partial charge in [-0.3, -0.25) is 9.48 Å². The number of halogens is 1. The first kappa shape index (κ1) is 12.9. The Balaban J connectivity index is 2.03. The molecule has 2 rings (SSSR count). The van der Waals surface area contributed by atoms with Gasteiger partial charge in [0.15, 0.2) is 0 Å². The number of amides is 1. The van der Waals surface area contributed by atoms with E-state index >= 15 is 0 Å². The van der Waals surface area contributed by atoms with Gasteiger partial charge in [-0.25, -0.2) is 0 Å². The Morgan fingerprint density at radius 3 is 2.94 bits per heavy atom. The molecule has 0 atom stereocenters. The molecule has 0 radical (unpaired) electrons. The lowest BCUT2D eigenvalue weighted by molar-refractivity contribution is 0.0941. The summed E-state index contributed by atoms with van der Waals surface area (Å²) in [6.45, 7) is 3.20. The first-order valence-electron chi connectivity index (χ1n) is 5.72. The highest BCUT2D eigenvalue weighted by molar-refractivity contribution is 9.10. The Morgan fingerprint density at radius 1 is 1.56 bits per heavy atom. The highest BCUT2D eigenvalue weighted by Crippen LogP contribution is 2.14. The molecule has 0 aliphatic heterocycles. The summed E-state index contributed by atoms with van der Waals surface area (Å²) in [5.74, 6) is -0.0896. The number of hydrogen-bond acceptors (Lipinski definition) is 2. The molecule has 2 aromatic heterocycles. The second-order valence-electron chi connectivity index (χ2n) is 3.99. The van der Waals surface area contributed by atoms with Crippen molar-refractivity contribution in [3.05, 3.63) is 40.4 Å². The van der Waals surface area contributed by atoms with Gasteiger partial charge < -0.3 is 9.88 Å². The van der Waals surface area contributed by atoms with Crippen LogP contribution in [0.1, 0.15) is 23.1 Å². The van der Waals surface area contributed by atoms with Gasteiger partial charge in [-0.2, -0.15) is 5.10 Å². The second-order valence-corrected chi connectivity index (χ2v) is 4.91. The summed E-state index contributed by atoms with van der Waals surface area (Å²) in [6, 6.07) is 3.70. The van der Waals surface area contributed by atoms with Gasteiger partial charge in [0.2, 0.25) is 0 Å². The molecular weight excluding hydrogens is 296 g/mol. The lowest BCUT2D eigenvalue weighted by atomic mass is 10.3. The van der Waals surface area contributed by atoms with Crippen molar-refractivity contribution in [2.75, 3.05) is 0 Å². The number of aromatic nitrogens is 3. The largest absolute Gasteiger partial charge is 0.345 e. The van der Waals surface area contributed by atoms with E-state index in [4.69, 9.17) is 0 Å². The van der Waals surface area contributed by atoms with E-state index in [-0.39, 0.29) is 5.91 Å². The number of rotatable bonds is 4. The van der Waals surface area contributed by atoms with Gasteiger partial charge in [-0.1, -0.05) is 0 Å². The van der Waals surface area contributed by atoms with Gasteiger partial charge in [0.25, 0.3) is 5.91 Å². The first-order chi connectivity index (χ1) is 8.60. The number of carbonyl (C=O) groups excluding carboxylic acids is 1. The first-order valence-corrected chi connectivity index (χ1v) is 6.52. The molecule has 0 bridgehead atoms. The maximum Gasteiger partial charge on any atom is 0.268 e. The predicted molar refractivity (Wildman–Crippen MR) is 72.2 cm³/mol. The molecule has 0 unspecified atom stereocenters. The van der Waals surface area contributed by atoms with Crippen molar-refractivity contribution in [3.8, 4) is 0 Å². The standard InChI is InChI=1S/C12H15BrN4O/c1-3-17-8-9(13)6-11(17)12(18)14-7-10-4-5-16(2)15-10/h4-6,8H,3,7H2,1-2H3,(H,14,18). The summed E-state index contributed by atoms with van der Waals surface area (Å²) in [7, 11) is 1.85. The summed E-state index contributed by atoms with van der Waals surface area (Å²) in [5.41, 5.74) is 1.50. The molecule has 2 aromatic rings. The average molecular weight is 311 g/mol. The fourth-order valence-corrected chi connectivity index (χ4v) is 2.21. The molecular formula is C12H15BrN4O. The van der Waals surface area contributed by atoms with Gasteiger partial charge in [0, 0.05) is 30.5 Å². The monoisotopic (exact) mass is 310 g/mol. The van der Waals surface area contributed by atoms with Gasteiger partial charge in [-0.15, -0.1) is 0 Å². The number of nitrogens with one attached hydrogen (secondary N) is 1. The molecule has 6 heteroatoms. The predicted octanol–water partition coefficient (Wildman–Crippen LogP) is 1.93. The minimum Gasteiger partial charge on any atom is -0.345 e. The topological polar surface area (TPSA) is 51.9 Å². The zero-order valence-corrected chi connectivity index (χ0v) is 11.9. The van der Waals surface area contributed by atoms with E-state index in [9.17, 15) is 4.79 Å². The molecule has 2 heterocycles. The van der Waals surface area contributed by atoms with E-state index < -0.39 is 0 Å². The van der Waals surface area contributed by atoms with Crippen molar-refractivity contribution in [3.63, 3.8) is 0 Å². The van der Waals surface area contributed by atoms with Crippen LogP contribution in [0.5, 0.6) is 0 Å². The van der Waals surface area contributed by atoms with Crippen molar-refractivity contribution in [2.24, 2.45) is 7.05 Å². The smallest absolute Gasteiger partial charge is 0.268 e. The Hall–Kier alpha value is -1.56. The third-order valence-electron chi connectivity index (χ3n) is 2.64. The Labute approximate surface area is 114 Å². The lowest BCUT2D eigenvalue weighted by Crippen LogP contribution is -2.25. The van der Waals surface area contributed by atoms with Crippen LogP contribution in [-0.2, 0) is 20.1 Å². The summed E-state index contributed by atoms with van der Waals surface area (Å²) in [6.07, 6.45) is 3.75. The summed E-state index contributed by atoms with van der Waals surface area (Å²) >= 11 is 3.37. The maximum absolute atomic E-state index is 12.0. The van der Waals surface area contributed by atoms with Gasteiger partial charge in [0.1, 0.15) is 5.69 Å². The molecule has 0 saturated heterocycles. The van der Waals surface area contributed by atoms with Gasteiger partial charge in [0.05, 0.1) is 12.2 Å². The Bertz CT molecular complexity index is 558. The van der Waals surface area contributed by atoms with E-state index in [0.717, 1.165) is 16.7 Å². The maximum atomic E-state index is 12.0. The van der Waals surface area contributed by atoms with E-state index in [1.54, 1.807) is 4.68 Å². The molecule has 0 aliphatic rings. The van der Waals surface area contributed by atoms with E-state index in [2.05, 4.69) is 26.3 Å². The van der Waals surface area contributed by atoms with Crippen LogP contribution >= 0.6 is 15.9 Å². The minimum atomic E-state index is -0.0896. The Morgan fingerprint density at radius 2 is 2.33 bits per heavy atom. The molecule has 1 amide bonds. The normalized spacial score (nSPS) is 10.6. The average Bonchev–Trinajstić information content (AvgIpc) is 2.92. The van der Waals surface area contributed by atoms with Crippen LogP contribution in [-0.4, -0.2) is 20.3 Å². The van der Waals surface area contributed by atoms with E-state index in [0.29, 0.717) is 12.2 Å². The zero-order valence-electron chi connectivity index (χ0n) is 10.4. The lowest BCUT2D eigenvalue weighted by Gasteiger charge is -2.06. The molecule has 96 valence electrons. The van der Waals surface area contributed by atoms with Crippen LogP contribution in [0.15, 0.2) is 29.0 Å². The van der Waals surface area contributed by atoms with Crippen molar-refractivity contribution >= 4 is 21.8 Å². The van der Waals surface area contributed by atoms with Crippen molar-refractivity contribution in [1.82, 2.24) is 19.7 Å². The zero-order chi connectivity index (χ0) is 13.1. The molecule has 0 fully saturated rings. The SMILES string of the molecule is CCn1cc(Br)cc1C(=O)NCc1ccn(C)n1. The quantitative estimate of drug-likeness (QED) is 0.938. The van der Waals surface area contributed by atoms with Crippen LogP contribution in [0, 0.1) is 0 Å². The molecule has 0 spiro atoms. The fraction of sp³-hybridized carbons (Fsp3) is 0.333. The summed E-state index contributed by atoms with van der Waals surface area (Å²) in [4.78, 5) is 12.0. The Kier molecular flexibility index (Phi) is 3.86. The van der Waals surface area contributed by atoms with E-state index in [1.165, 1.54) is 0 Å². The summed E-state index contributed by atoms with van der Waals surface area (Å²) < 4.78 is 4.53. The second kappa shape index (κ2) is 5.39. The minimum absolute atomic E-state index is 0.0896. The molecule has 5 nitrogen and oxygen atoms in total. The third kappa shape index (κ3) is 2.81. The number of hydrogen-bond donors (Lipinski definition) is 1. The number of aryl methyl sites for hydroxylation is 2. The van der Waals surface area contributed by atoms with Crippen LogP contribution in [0.25, 0.3) is 0 Å². The van der Waals surface area contributed by atoms with Crippen LogP contribution < -0.4 is 5.32 Å². The highest BCUT2D eigenvalue weighted by atomic mass is 79.9.